The molecule has 0 atom stereocenters. The van der Waals surface area contributed by atoms with Crippen molar-refractivity contribution >= 4 is 27.5 Å². The third-order valence-corrected chi connectivity index (χ3v) is 3.19. The van der Waals surface area contributed by atoms with Crippen molar-refractivity contribution in [3.63, 3.8) is 0 Å². The fraction of sp³-hybridized carbons (Fsp3) is 0.455. The summed E-state index contributed by atoms with van der Waals surface area (Å²) in [6, 6.07) is 5.62. The normalized spacial score (nSPS) is 11.1. The third kappa shape index (κ3) is 6.31. The van der Waals surface area contributed by atoms with Gasteiger partial charge in [-0.25, -0.2) is 8.78 Å². The SMILES string of the molecule is FC(F)COCCNCc1ccc(Cl)c(Br)c1. The molecule has 0 radical (unpaired) electrons. The van der Waals surface area contributed by atoms with Crippen LogP contribution in [0, 0.1) is 0 Å². The van der Waals surface area contributed by atoms with Gasteiger partial charge in [-0.2, -0.15) is 0 Å². The second kappa shape index (κ2) is 7.97. The fourth-order valence-electron chi connectivity index (χ4n) is 1.20. The lowest BCUT2D eigenvalue weighted by Gasteiger charge is -2.07. The van der Waals surface area contributed by atoms with Gasteiger partial charge in [-0.1, -0.05) is 17.7 Å². The first-order valence-corrected chi connectivity index (χ1v) is 6.27. The van der Waals surface area contributed by atoms with Crippen LogP contribution in [0.15, 0.2) is 22.7 Å². The number of nitrogens with one attached hydrogen (secondary N) is 1. The fourth-order valence-corrected chi connectivity index (χ4v) is 1.74. The quantitative estimate of drug-likeness (QED) is 0.774. The third-order valence-electron chi connectivity index (χ3n) is 1.98. The Morgan fingerprint density at radius 3 is 2.82 bits per heavy atom. The maximum atomic E-state index is 11.7. The van der Waals surface area contributed by atoms with Crippen LogP contribution in [0.4, 0.5) is 8.78 Å². The zero-order chi connectivity index (χ0) is 12.7. The molecular formula is C11H13BrClF2NO. The van der Waals surface area contributed by atoms with Gasteiger partial charge in [0.25, 0.3) is 6.43 Å². The van der Waals surface area contributed by atoms with Crippen LogP contribution >= 0.6 is 27.5 Å². The van der Waals surface area contributed by atoms with Crippen molar-refractivity contribution in [2.75, 3.05) is 19.8 Å². The van der Waals surface area contributed by atoms with Gasteiger partial charge in [-0.3, -0.25) is 0 Å². The van der Waals surface area contributed by atoms with Crippen molar-refractivity contribution in [2.24, 2.45) is 0 Å². The Balaban J connectivity index is 2.16. The topological polar surface area (TPSA) is 21.3 Å². The van der Waals surface area contributed by atoms with Crippen LogP contribution in [-0.4, -0.2) is 26.2 Å². The summed E-state index contributed by atoms with van der Waals surface area (Å²) in [6.45, 7) is 0.952. The number of benzene rings is 1. The molecule has 0 aromatic heterocycles. The minimum atomic E-state index is -2.40. The van der Waals surface area contributed by atoms with E-state index in [-0.39, 0.29) is 6.61 Å². The van der Waals surface area contributed by atoms with E-state index in [0.717, 1.165) is 10.0 Å². The molecule has 0 amide bonds. The minimum absolute atomic E-state index is 0.277. The molecule has 0 bridgehead atoms. The van der Waals surface area contributed by atoms with Gasteiger partial charge in [0, 0.05) is 17.6 Å². The summed E-state index contributed by atoms with van der Waals surface area (Å²) in [5.41, 5.74) is 1.06. The molecule has 0 saturated carbocycles. The molecule has 1 N–H and O–H groups in total. The molecule has 17 heavy (non-hydrogen) atoms. The molecule has 1 aromatic rings. The van der Waals surface area contributed by atoms with Crippen LogP contribution in [0.3, 0.4) is 0 Å². The predicted molar refractivity (Wildman–Crippen MR) is 67.7 cm³/mol. The van der Waals surface area contributed by atoms with Crippen molar-refractivity contribution in [3.05, 3.63) is 33.3 Å². The van der Waals surface area contributed by atoms with E-state index in [0.29, 0.717) is 18.1 Å². The highest BCUT2D eigenvalue weighted by atomic mass is 79.9. The van der Waals surface area contributed by atoms with Crippen LogP contribution < -0.4 is 5.32 Å². The molecule has 0 heterocycles. The second-order valence-electron chi connectivity index (χ2n) is 3.39. The average molecular weight is 329 g/mol. The van der Waals surface area contributed by atoms with Crippen molar-refractivity contribution in [2.45, 2.75) is 13.0 Å². The first kappa shape index (κ1) is 14.8. The van der Waals surface area contributed by atoms with Crippen LogP contribution in [0.1, 0.15) is 5.56 Å². The van der Waals surface area contributed by atoms with Gasteiger partial charge in [-0.05, 0) is 33.6 Å². The minimum Gasteiger partial charge on any atom is -0.374 e. The van der Waals surface area contributed by atoms with E-state index in [9.17, 15) is 8.78 Å². The molecule has 0 unspecified atom stereocenters. The summed E-state index contributed by atoms with van der Waals surface area (Å²) in [5, 5.41) is 3.75. The largest absolute Gasteiger partial charge is 0.374 e. The van der Waals surface area contributed by atoms with Gasteiger partial charge in [0.1, 0.15) is 6.61 Å². The summed E-state index contributed by atoms with van der Waals surface area (Å²) in [6.07, 6.45) is -2.40. The number of halogens is 4. The van der Waals surface area contributed by atoms with Crippen LogP contribution in [0.5, 0.6) is 0 Å². The van der Waals surface area contributed by atoms with Gasteiger partial charge >= 0.3 is 0 Å². The monoisotopic (exact) mass is 327 g/mol. The molecule has 0 aliphatic heterocycles. The lowest BCUT2D eigenvalue weighted by Crippen LogP contribution is -2.20. The average Bonchev–Trinajstić information content (AvgIpc) is 2.27. The molecule has 0 fully saturated rings. The van der Waals surface area contributed by atoms with Crippen molar-refractivity contribution in [3.8, 4) is 0 Å². The lowest BCUT2D eigenvalue weighted by molar-refractivity contribution is 0.0187. The summed E-state index contributed by atoms with van der Waals surface area (Å²) in [5.74, 6) is 0. The molecule has 6 heteroatoms. The maximum absolute atomic E-state index is 11.7. The van der Waals surface area contributed by atoms with E-state index >= 15 is 0 Å². The zero-order valence-electron chi connectivity index (χ0n) is 9.06. The van der Waals surface area contributed by atoms with Gasteiger partial charge in [0.15, 0.2) is 0 Å². The van der Waals surface area contributed by atoms with Gasteiger partial charge in [0.2, 0.25) is 0 Å². The smallest absolute Gasteiger partial charge is 0.261 e. The molecule has 96 valence electrons. The van der Waals surface area contributed by atoms with Crippen LogP contribution in [0.25, 0.3) is 0 Å². The van der Waals surface area contributed by atoms with E-state index in [1.807, 2.05) is 12.1 Å². The highest BCUT2D eigenvalue weighted by molar-refractivity contribution is 9.10. The first-order valence-electron chi connectivity index (χ1n) is 5.10. The number of alkyl halides is 2. The van der Waals surface area contributed by atoms with Crippen molar-refractivity contribution < 1.29 is 13.5 Å². The van der Waals surface area contributed by atoms with Crippen molar-refractivity contribution in [1.82, 2.24) is 5.32 Å². The Morgan fingerprint density at radius 1 is 1.41 bits per heavy atom. The van der Waals surface area contributed by atoms with E-state index in [1.165, 1.54) is 0 Å². The van der Waals surface area contributed by atoms with E-state index in [4.69, 9.17) is 16.3 Å². The van der Waals surface area contributed by atoms with Gasteiger partial charge in [0.05, 0.1) is 11.6 Å². The summed E-state index contributed by atoms with van der Waals surface area (Å²) in [4.78, 5) is 0. The summed E-state index contributed by atoms with van der Waals surface area (Å²) < 4.78 is 29.0. The number of ether oxygens (including phenoxy) is 1. The Hall–Kier alpha value is -0.230. The molecule has 0 aliphatic rings. The van der Waals surface area contributed by atoms with Gasteiger partial charge in [-0.15, -0.1) is 0 Å². The summed E-state index contributed by atoms with van der Waals surface area (Å²) in [7, 11) is 0. The van der Waals surface area contributed by atoms with Crippen LogP contribution in [0.2, 0.25) is 5.02 Å². The lowest BCUT2D eigenvalue weighted by atomic mass is 10.2. The molecule has 0 aliphatic carbocycles. The molecule has 0 saturated heterocycles. The van der Waals surface area contributed by atoms with E-state index in [2.05, 4.69) is 21.2 Å². The van der Waals surface area contributed by atoms with E-state index < -0.39 is 13.0 Å². The predicted octanol–water partition coefficient (Wildman–Crippen LogP) is 3.47. The maximum Gasteiger partial charge on any atom is 0.261 e. The van der Waals surface area contributed by atoms with E-state index in [1.54, 1.807) is 6.07 Å². The molecule has 1 rings (SSSR count). The highest BCUT2D eigenvalue weighted by Gasteiger charge is 2.01. The summed E-state index contributed by atoms with van der Waals surface area (Å²) >= 11 is 9.18. The Bertz CT molecular complexity index is 352. The molecule has 1 aromatic carbocycles. The molecule has 2 nitrogen and oxygen atoms in total. The molecular weight excluding hydrogens is 315 g/mol. The Morgan fingerprint density at radius 2 is 2.18 bits per heavy atom. The highest BCUT2D eigenvalue weighted by Crippen LogP contribution is 2.22. The standard InChI is InChI=1S/C11H13BrClF2NO/c12-9-5-8(1-2-10(9)13)6-16-3-4-17-7-11(14)15/h1-2,5,11,16H,3-4,6-7H2. The number of hydrogen-bond donors (Lipinski definition) is 1. The number of rotatable bonds is 7. The Labute approximate surface area is 112 Å². The second-order valence-corrected chi connectivity index (χ2v) is 4.65. The Kier molecular flexibility index (Phi) is 6.96. The first-order chi connectivity index (χ1) is 8.09. The number of hydrogen-bond acceptors (Lipinski definition) is 2. The van der Waals surface area contributed by atoms with Crippen molar-refractivity contribution in [1.29, 1.82) is 0 Å². The van der Waals surface area contributed by atoms with Crippen LogP contribution in [-0.2, 0) is 11.3 Å². The zero-order valence-corrected chi connectivity index (χ0v) is 11.4. The van der Waals surface area contributed by atoms with Gasteiger partial charge < -0.3 is 10.1 Å². The molecule has 0 spiro atoms.